The molecule has 9 nitrogen and oxygen atoms in total. The van der Waals surface area contributed by atoms with Gasteiger partial charge < -0.3 is 13.6 Å². The van der Waals surface area contributed by atoms with E-state index in [1.54, 1.807) is 18.2 Å². The molecule has 0 aliphatic rings. The Balaban J connectivity index is 1.23. The highest BCUT2D eigenvalue weighted by molar-refractivity contribution is 5.91. The summed E-state index contributed by atoms with van der Waals surface area (Å²) in [5.74, 6) is -0.412. The number of para-hydroxylation sites is 2. The van der Waals surface area contributed by atoms with Crippen molar-refractivity contribution in [3.8, 4) is 11.5 Å². The average molecular weight is 392 g/mol. The molecule has 0 atom stereocenters. The summed E-state index contributed by atoms with van der Waals surface area (Å²) in [7, 11) is 0. The van der Waals surface area contributed by atoms with Crippen molar-refractivity contribution in [3.05, 3.63) is 60.5 Å². The van der Waals surface area contributed by atoms with Crippen molar-refractivity contribution in [3.63, 3.8) is 0 Å². The molecule has 2 heterocycles. The number of amides is 1. The van der Waals surface area contributed by atoms with Gasteiger partial charge in [-0.1, -0.05) is 35.4 Å². The maximum Gasteiger partial charge on any atom is 0.322 e. The summed E-state index contributed by atoms with van der Waals surface area (Å²) < 4.78 is 15.9. The van der Waals surface area contributed by atoms with Gasteiger partial charge in [0, 0.05) is 12.0 Å². The highest BCUT2D eigenvalue weighted by Crippen LogP contribution is 2.19. The lowest BCUT2D eigenvalue weighted by molar-refractivity contribution is -0.147. The fourth-order valence-corrected chi connectivity index (χ4v) is 2.58. The van der Waals surface area contributed by atoms with Crippen LogP contribution in [0.1, 0.15) is 12.3 Å². The Morgan fingerprint density at radius 1 is 0.966 bits per heavy atom. The minimum atomic E-state index is -0.580. The molecule has 0 spiro atoms. The van der Waals surface area contributed by atoms with Crippen molar-refractivity contribution in [1.82, 2.24) is 15.2 Å². The quantitative estimate of drug-likeness (QED) is 0.477. The number of carbonyl (C=O) groups excluding carboxylic acids is 2. The monoisotopic (exact) mass is 392 g/mol. The third-order valence-corrected chi connectivity index (χ3v) is 3.94. The molecule has 4 aromatic rings. The van der Waals surface area contributed by atoms with Gasteiger partial charge in [-0.3, -0.25) is 14.9 Å². The summed E-state index contributed by atoms with van der Waals surface area (Å²) in [6, 6.07) is 16.4. The molecule has 146 valence electrons. The Morgan fingerprint density at radius 2 is 1.76 bits per heavy atom. The summed E-state index contributed by atoms with van der Waals surface area (Å²) in [5, 5.41) is 10.00. The minimum Gasteiger partial charge on any atom is -0.456 e. The van der Waals surface area contributed by atoms with E-state index in [-0.39, 0.29) is 24.7 Å². The first-order valence-corrected chi connectivity index (χ1v) is 8.86. The van der Waals surface area contributed by atoms with Crippen LogP contribution in [-0.2, 0) is 20.7 Å². The number of nitrogens with one attached hydrogen (secondary N) is 1. The average Bonchev–Trinajstić information content (AvgIpc) is 3.38. The first kappa shape index (κ1) is 18.4. The minimum absolute atomic E-state index is 0.0405. The summed E-state index contributed by atoms with van der Waals surface area (Å²) in [4.78, 5) is 28.0. The topological polar surface area (TPSA) is 120 Å². The number of nitrogens with zero attached hydrogens (tertiary/aromatic N) is 3. The third kappa shape index (κ3) is 4.64. The number of hydrogen-bond donors (Lipinski definition) is 1. The van der Waals surface area contributed by atoms with Crippen LogP contribution in [0, 0.1) is 0 Å². The first-order valence-electron chi connectivity index (χ1n) is 8.86. The van der Waals surface area contributed by atoms with Gasteiger partial charge in [0.1, 0.15) is 5.52 Å². The van der Waals surface area contributed by atoms with E-state index in [1.165, 1.54) is 0 Å². The summed E-state index contributed by atoms with van der Waals surface area (Å²) in [6.45, 7) is -0.463. The number of hydrogen-bond acceptors (Lipinski definition) is 8. The van der Waals surface area contributed by atoms with E-state index in [0.717, 1.165) is 11.1 Å². The molecule has 0 radical (unpaired) electrons. The number of esters is 1. The zero-order chi connectivity index (χ0) is 20.1. The molecule has 0 aliphatic carbocycles. The van der Waals surface area contributed by atoms with E-state index in [2.05, 4.69) is 20.5 Å². The van der Waals surface area contributed by atoms with Gasteiger partial charge >= 0.3 is 12.0 Å². The molecule has 2 aromatic carbocycles. The molecule has 0 saturated carbocycles. The lowest BCUT2D eigenvalue weighted by atomic mass is 10.2. The molecule has 4 rings (SSSR count). The predicted octanol–water partition coefficient (Wildman–Crippen LogP) is 2.99. The smallest absolute Gasteiger partial charge is 0.322 e. The normalized spacial score (nSPS) is 10.8. The van der Waals surface area contributed by atoms with Gasteiger partial charge in [-0.2, -0.15) is 0 Å². The fourth-order valence-electron chi connectivity index (χ4n) is 2.58. The van der Waals surface area contributed by atoms with Crippen LogP contribution in [0.4, 0.5) is 6.01 Å². The highest BCUT2D eigenvalue weighted by Gasteiger charge is 2.14. The van der Waals surface area contributed by atoms with Gasteiger partial charge in [-0.25, -0.2) is 4.98 Å². The standard InChI is InChI=1S/C20H16N4O5/c25-16(22-20-24-23-19(29-20)13-6-2-1-3-7-13)12-27-18(26)11-10-17-21-14-8-4-5-9-15(14)28-17/h1-9H,10-12H2,(H,22,24,25). The molecule has 0 bridgehead atoms. The van der Waals surface area contributed by atoms with Crippen molar-refractivity contribution in [2.24, 2.45) is 0 Å². The lowest BCUT2D eigenvalue weighted by Gasteiger charge is -2.03. The van der Waals surface area contributed by atoms with E-state index in [0.29, 0.717) is 11.5 Å². The maximum absolute atomic E-state index is 11.9. The number of rotatable bonds is 7. The van der Waals surface area contributed by atoms with Crippen molar-refractivity contribution in [2.45, 2.75) is 12.8 Å². The maximum atomic E-state index is 11.9. The van der Waals surface area contributed by atoms with Crippen molar-refractivity contribution in [2.75, 3.05) is 11.9 Å². The van der Waals surface area contributed by atoms with Crippen LogP contribution in [0.5, 0.6) is 0 Å². The van der Waals surface area contributed by atoms with E-state index in [4.69, 9.17) is 13.6 Å². The zero-order valence-corrected chi connectivity index (χ0v) is 15.2. The summed E-state index contributed by atoms with van der Waals surface area (Å²) in [5.41, 5.74) is 2.11. The molecule has 0 fully saturated rings. The Kier molecular flexibility index (Phi) is 5.28. The van der Waals surface area contributed by atoms with Crippen molar-refractivity contribution >= 4 is 29.0 Å². The van der Waals surface area contributed by atoms with Crippen LogP contribution < -0.4 is 5.32 Å². The van der Waals surface area contributed by atoms with Crippen molar-refractivity contribution in [1.29, 1.82) is 0 Å². The summed E-state index contributed by atoms with van der Waals surface area (Å²) in [6.07, 6.45) is 0.318. The Labute approximate surface area is 164 Å². The van der Waals surface area contributed by atoms with Crippen LogP contribution in [0.25, 0.3) is 22.6 Å². The van der Waals surface area contributed by atoms with E-state index in [1.807, 2.05) is 36.4 Å². The lowest BCUT2D eigenvalue weighted by Crippen LogP contribution is -2.21. The molecule has 0 unspecified atom stereocenters. The molecule has 9 heteroatoms. The van der Waals surface area contributed by atoms with Crippen LogP contribution in [0.15, 0.2) is 63.4 Å². The second-order valence-corrected chi connectivity index (χ2v) is 6.06. The van der Waals surface area contributed by atoms with Gasteiger partial charge in [0.05, 0.1) is 6.42 Å². The SMILES string of the molecule is O=C(COC(=O)CCc1nc2ccccc2o1)Nc1nnc(-c2ccccc2)o1. The fraction of sp³-hybridized carbons (Fsp3) is 0.150. The number of oxazole rings is 1. The van der Waals surface area contributed by atoms with Gasteiger partial charge in [-0.05, 0) is 24.3 Å². The molecular formula is C20H16N4O5. The zero-order valence-electron chi connectivity index (χ0n) is 15.2. The van der Waals surface area contributed by atoms with E-state index < -0.39 is 18.5 Å². The molecule has 1 N–H and O–H groups in total. The van der Waals surface area contributed by atoms with E-state index >= 15 is 0 Å². The molecule has 2 aromatic heterocycles. The second-order valence-electron chi connectivity index (χ2n) is 6.06. The van der Waals surface area contributed by atoms with Gasteiger partial charge in [0.2, 0.25) is 5.89 Å². The predicted molar refractivity (Wildman–Crippen MR) is 102 cm³/mol. The number of fused-ring (bicyclic) bond motifs is 1. The van der Waals surface area contributed by atoms with Gasteiger partial charge in [0.15, 0.2) is 18.1 Å². The molecular weight excluding hydrogens is 376 g/mol. The van der Waals surface area contributed by atoms with Crippen LogP contribution in [0.2, 0.25) is 0 Å². The molecule has 0 saturated heterocycles. The molecule has 1 amide bonds. The first-order chi connectivity index (χ1) is 14.2. The van der Waals surface area contributed by atoms with E-state index in [9.17, 15) is 9.59 Å². The number of carbonyl (C=O) groups is 2. The molecule has 29 heavy (non-hydrogen) atoms. The number of aryl methyl sites for hydroxylation is 1. The Morgan fingerprint density at radius 3 is 2.59 bits per heavy atom. The number of anilines is 1. The largest absolute Gasteiger partial charge is 0.456 e. The third-order valence-electron chi connectivity index (χ3n) is 3.94. The highest BCUT2D eigenvalue weighted by atomic mass is 16.5. The van der Waals surface area contributed by atoms with Crippen molar-refractivity contribution < 1.29 is 23.2 Å². The number of aromatic nitrogens is 3. The second kappa shape index (κ2) is 8.34. The Hall–Kier alpha value is -4.01. The summed E-state index contributed by atoms with van der Waals surface area (Å²) >= 11 is 0. The number of benzene rings is 2. The Bertz CT molecular complexity index is 1100. The number of ether oxygens (including phenoxy) is 1. The van der Waals surface area contributed by atoms with Crippen LogP contribution >= 0.6 is 0 Å². The van der Waals surface area contributed by atoms with Crippen LogP contribution in [-0.4, -0.2) is 33.7 Å². The molecule has 0 aliphatic heterocycles. The van der Waals surface area contributed by atoms with Crippen LogP contribution in [0.3, 0.4) is 0 Å². The van der Waals surface area contributed by atoms with Gasteiger partial charge in [-0.15, -0.1) is 5.10 Å². The van der Waals surface area contributed by atoms with Gasteiger partial charge in [0.25, 0.3) is 5.91 Å².